The Morgan fingerprint density at radius 2 is 2.00 bits per heavy atom. The highest BCUT2D eigenvalue weighted by molar-refractivity contribution is 7.89. The lowest BCUT2D eigenvalue weighted by molar-refractivity contribution is -0.120. The minimum absolute atomic E-state index is 0.0609. The van der Waals surface area contributed by atoms with Crippen LogP contribution in [0.15, 0.2) is 47.4 Å². The number of carbonyl (C=O) groups is 1. The van der Waals surface area contributed by atoms with E-state index in [9.17, 15) is 13.2 Å². The maximum absolute atomic E-state index is 12.8. The minimum atomic E-state index is -3.65. The number of methoxy groups -OCH3 is 1. The second kappa shape index (κ2) is 7.22. The van der Waals surface area contributed by atoms with Crippen molar-refractivity contribution in [1.82, 2.24) is 4.72 Å². The molecule has 1 unspecified atom stereocenters. The fraction of sp³-hybridized carbons (Fsp3) is 0.381. The molecule has 2 aromatic carbocycles. The van der Waals surface area contributed by atoms with E-state index in [2.05, 4.69) is 4.72 Å². The van der Waals surface area contributed by atoms with Gasteiger partial charge in [-0.15, -0.1) is 0 Å². The quantitative estimate of drug-likeness (QED) is 0.809. The molecule has 2 aliphatic rings. The van der Waals surface area contributed by atoms with Gasteiger partial charge in [0.2, 0.25) is 15.9 Å². The molecular weight excluding hydrogens is 376 g/mol. The Hall–Kier alpha value is -2.38. The summed E-state index contributed by atoms with van der Waals surface area (Å²) in [7, 11) is -2.08. The number of hydrogen-bond donors (Lipinski definition) is 1. The van der Waals surface area contributed by atoms with Gasteiger partial charge in [0.05, 0.1) is 12.0 Å². The largest absolute Gasteiger partial charge is 0.497 e. The molecule has 6 nitrogen and oxygen atoms in total. The Kier molecular flexibility index (Phi) is 4.89. The van der Waals surface area contributed by atoms with Gasteiger partial charge in [-0.25, -0.2) is 13.1 Å². The Labute approximate surface area is 165 Å². The zero-order chi connectivity index (χ0) is 19.9. The van der Waals surface area contributed by atoms with Gasteiger partial charge in [0.15, 0.2) is 0 Å². The van der Waals surface area contributed by atoms with E-state index in [1.807, 2.05) is 30.0 Å². The first-order valence-electron chi connectivity index (χ1n) is 9.47. The van der Waals surface area contributed by atoms with Crippen LogP contribution in [0.4, 0.5) is 5.69 Å². The molecule has 0 bridgehead atoms. The zero-order valence-corrected chi connectivity index (χ0v) is 16.8. The number of carbonyl (C=O) groups excluding carboxylic acids is 1. The topological polar surface area (TPSA) is 75.7 Å². The molecule has 4 rings (SSSR count). The van der Waals surface area contributed by atoms with Gasteiger partial charge >= 0.3 is 0 Å². The molecule has 0 aromatic heterocycles. The highest BCUT2D eigenvalue weighted by Crippen LogP contribution is 2.39. The first-order chi connectivity index (χ1) is 13.4. The molecule has 1 saturated carbocycles. The number of anilines is 1. The van der Waals surface area contributed by atoms with Crippen molar-refractivity contribution in [2.45, 2.75) is 43.7 Å². The lowest BCUT2D eigenvalue weighted by Gasteiger charge is -2.22. The number of nitrogens with zero attached hydrogens (tertiary/aromatic N) is 1. The van der Waals surface area contributed by atoms with Crippen LogP contribution in [0.5, 0.6) is 5.75 Å². The van der Waals surface area contributed by atoms with Crippen LogP contribution in [0.3, 0.4) is 0 Å². The monoisotopic (exact) mass is 400 g/mol. The molecule has 1 atom stereocenters. The first kappa shape index (κ1) is 19.0. The van der Waals surface area contributed by atoms with Crippen LogP contribution in [0, 0.1) is 5.92 Å². The summed E-state index contributed by atoms with van der Waals surface area (Å²) in [5.74, 6) is 0.989. The highest BCUT2D eigenvalue weighted by atomic mass is 32.2. The van der Waals surface area contributed by atoms with Crippen LogP contribution >= 0.6 is 0 Å². The third-order valence-electron chi connectivity index (χ3n) is 5.34. The highest BCUT2D eigenvalue weighted by Gasteiger charge is 2.39. The summed E-state index contributed by atoms with van der Waals surface area (Å²) in [5, 5.41) is 0. The average Bonchev–Trinajstić information content (AvgIpc) is 3.48. The standard InChI is InChI=1S/C21H24N2O4S/c1-14-10-17-12-19(8-9-20(17)23(14)21(24)16-6-7-16)28(25,26)22-13-15-4-3-5-18(11-15)27-2/h3-5,8-9,11-12,14,16,22H,6-7,10,13H2,1-2H3. The van der Waals surface area contributed by atoms with Gasteiger partial charge in [-0.1, -0.05) is 12.1 Å². The van der Waals surface area contributed by atoms with Crippen molar-refractivity contribution >= 4 is 21.6 Å². The van der Waals surface area contributed by atoms with Crippen molar-refractivity contribution in [3.8, 4) is 5.75 Å². The van der Waals surface area contributed by atoms with Crippen LogP contribution in [0.1, 0.15) is 30.9 Å². The molecule has 0 saturated heterocycles. The fourth-order valence-electron chi connectivity index (χ4n) is 3.68. The van der Waals surface area contributed by atoms with E-state index in [1.165, 1.54) is 0 Å². The molecule has 1 aliphatic heterocycles. The molecule has 0 spiro atoms. The number of benzene rings is 2. The molecule has 148 valence electrons. The van der Waals surface area contributed by atoms with Crippen LogP contribution in [-0.2, 0) is 27.8 Å². The van der Waals surface area contributed by atoms with Crippen LogP contribution < -0.4 is 14.4 Å². The Morgan fingerprint density at radius 3 is 2.71 bits per heavy atom. The smallest absolute Gasteiger partial charge is 0.240 e. The summed E-state index contributed by atoms with van der Waals surface area (Å²) >= 11 is 0. The number of amides is 1. The summed E-state index contributed by atoms with van der Waals surface area (Å²) in [5.41, 5.74) is 2.57. The van der Waals surface area contributed by atoms with Crippen LogP contribution in [0.2, 0.25) is 0 Å². The second-order valence-electron chi connectivity index (χ2n) is 7.50. The predicted octanol–water partition coefficient (Wildman–Crippen LogP) is 2.86. The molecule has 1 aliphatic carbocycles. The second-order valence-corrected chi connectivity index (χ2v) is 9.27. The van der Waals surface area contributed by atoms with Crippen molar-refractivity contribution in [2.24, 2.45) is 5.92 Å². The Balaban J connectivity index is 1.52. The van der Waals surface area contributed by atoms with E-state index < -0.39 is 10.0 Å². The lowest BCUT2D eigenvalue weighted by Crippen LogP contribution is -2.36. The molecule has 7 heteroatoms. The van der Waals surface area contributed by atoms with E-state index >= 15 is 0 Å². The van der Waals surface area contributed by atoms with E-state index in [4.69, 9.17) is 4.74 Å². The van der Waals surface area contributed by atoms with Crippen molar-refractivity contribution < 1.29 is 17.9 Å². The third kappa shape index (κ3) is 3.64. The Bertz CT molecular complexity index is 1010. The normalized spacial score (nSPS) is 18.8. The fourth-order valence-corrected chi connectivity index (χ4v) is 4.75. The summed E-state index contributed by atoms with van der Waals surface area (Å²) in [4.78, 5) is 14.6. The summed E-state index contributed by atoms with van der Waals surface area (Å²) in [6.07, 6.45) is 2.59. The number of fused-ring (bicyclic) bond motifs is 1. The van der Waals surface area contributed by atoms with E-state index in [1.54, 1.807) is 31.4 Å². The van der Waals surface area contributed by atoms with Crippen molar-refractivity contribution in [1.29, 1.82) is 0 Å². The number of hydrogen-bond acceptors (Lipinski definition) is 4. The van der Waals surface area contributed by atoms with Crippen molar-refractivity contribution in [2.75, 3.05) is 12.0 Å². The zero-order valence-electron chi connectivity index (χ0n) is 16.0. The molecule has 2 aromatic rings. The number of rotatable bonds is 6. The van der Waals surface area contributed by atoms with Gasteiger partial charge < -0.3 is 9.64 Å². The van der Waals surface area contributed by atoms with Crippen LogP contribution in [0.25, 0.3) is 0 Å². The molecule has 1 fully saturated rings. The minimum Gasteiger partial charge on any atom is -0.497 e. The summed E-state index contributed by atoms with van der Waals surface area (Å²) in [6, 6.07) is 12.4. The number of ether oxygens (including phenoxy) is 1. The van der Waals surface area contributed by atoms with E-state index in [0.29, 0.717) is 12.2 Å². The van der Waals surface area contributed by atoms with Crippen molar-refractivity contribution in [3.05, 3.63) is 53.6 Å². The number of sulfonamides is 1. The van der Waals surface area contributed by atoms with Gasteiger partial charge in [0, 0.05) is 24.2 Å². The van der Waals surface area contributed by atoms with Crippen molar-refractivity contribution in [3.63, 3.8) is 0 Å². The maximum Gasteiger partial charge on any atom is 0.240 e. The SMILES string of the molecule is COc1cccc(CNS(=O)(=O)c2ccc3c(c2)CC(C)N3C(=O)C2CC2)c1. The van der Waals surface area contributed by atoms with E-state index in [-0.39, 0.29) is 29.3 Å². The molecule has 1 N–H and O–H groups in total. The molecule has 1 heterocycles. The van der Waals surface area contributed by atoms with Gasteiger partial charge in [0.1, 0.15) is 5.75 Å². The average molecular weight is 401 g/mol. The molecule has 0 radical (unpaired) electrons. The van der Waals surface area contributed by atoms with Gasteiger partial charge in [0.25, 0.3) is 0 Å². The third-order valence-corrected chi connectivity index (χ3v) is 6.74. The van der Waals surface area contributed by atoms with Gasteiger partial charge in [-0.3, -0.25) is 4.79 Å². The van der Waals surface area contributed by atoms with Gasteiger partial charge in [-0.05, 0) is 67.6 Å². The van der Waals surface area contributed by atoms with Gasteiger partial charge in [-0.2, -0.15) is 0 Å². The summed E-state index contributed by atoms with van der Waals surface area (Å²) in [6.45, 7) is 2.19. The summed E-state index contributed by atoms with van der Waals surface area (Å²) < 4.78 is 33.3. The molecule has 1 amide bonds. The maximum atomic E-state index is 12.8. The predicted molar refractivity (Wildman–Crippen MR) is 107 cm³/mol. The van der Waals surface area contributed by atoms with E-state index in [0.717, 1.165) is 29.7 Å². The number of nitrogens with one attached hydrogen (secondary N) is 1. The lowest BCUT2D eigenvalue weighted by atomic mass is 10.1. The van der Waals surface area contributed by atoms with Crippen LogP contribution in [-0.4, -0.2) is 27.5 Å². The Morgan fingerprint density at radius 1 is 1.21 bits per heavy atom. The molecular formula is C21H24N2O4S. The first-order valence-corrected chi connectivity index (χ1v) is 11.0. The molecule has 28 heavy (non-hydrogen) atoms.